The molecular formula is C15H19N3O2. The molecule has 1 atom stereocenters. The molecule has 1 saturated heterocycles. The standard InChI is InChI=1S/C15H19N3O2/c1-17(2)11-4-3-7-18(9-11)10-5-6-12-13(8-10)16-15(20)14(12)19/h5-6,8,11H,3-4,7,9H2,1-2H3,(H,16,19,20). The minimum absolute atomic E-state index is 0.434. The molecule has 0 radical (unpaired) electrons. The van der Waals surface area contributed by atoms with Gasteiger partial charge in [-0.2, -0.15) is 0 Å². The first-order valence-electron chi connectivity index (χ1n) is 6.97. The van der Waals surface area contributed by atoms with Crippen LogP contribution in [0.1, 0.15) is 23.2 Å². The molecule has 1 N–H and O–H groups in total. The van der Waals surface area contributed by atoms with Crippen LogP contribution in [0.3, 0.4) is 0 Å². The molecule has 2 heterocycles. The van der Waals surface area contributed by atoms with Crippen LogP contribution in [0.2, 0.25) is 0 Å². The van der Waals surface area contributed by atoms with Crippen LogP contribution in [0.25, 0.3) is 0 Å². The van der Waals surface area contributed by atoms with Crippen molar-refractivity contribution in [3.05, 3.63) is 23.8 Å². The maximum atomic E-state index is 11.6. The maximum Gasteiger partial charge on any atom is 0.296 e. The number of fused-ring (bicyclic) bond motifs is 1. The van der Waals surface area contributed by atoms with E-state index in [2.05, 4.69) is 29.2 Å². The third kappa shape index (κ3) is 2.18. The van der Waals surface area contributed by atoms with E-state index in [1.165, 1.54) is 6.42 Å². The highest BCUT2D eigenvalue weighted by atomic mass is 16.2. The van der Waals surface area contributed by atoms with Crippen LogP contribution in [0.15, 0.2) is 18.2 Å². The van der Waals surface area contributed by atoms with Crippen LogP contribution < -0.4 is 10.2 Å². The predicted molar refractivity (Wildman–Crippen MR) is 78.3 cm³/mol. The summed E-state index contributed by atoms with van der Waals surface area (Å²) in [6.07, 6.45) is 2.37. The van der Waals surface area contributed by atoms with Gasteiger partial charge < -0.3 is 15.1 Å². The van der Waals surface area contributed by atoms with Gasteiger partial charge in [-0.1, -0.05) is 0 Å². The zero-order valence-corrected chi connectivity index (χ0v) is 11.8. The molecule has 0 aromatic heterocycles. The quantitative estimate of drug-likeness (QED) is 0.827. The number of carbonyl (C=O) groups is 2. The van der Waals surface area contributed by atoms with Crippen LogP contribution >= 0.6 is 0 Å². The Hall–Kier alpha value is -1.88. The van der Waals surface area contributed by atoms with Gasteiger partial charge in [0.2, 0.25) is 0 Å². The predicted octanol–water partition coefficient (Wildman–Crippen LogP) is 1.35. The van der Waals surface area contributed by atoms with Crippen molar-refractivity contribution in [3.8, 4) is 0 Å². The van der Waals surface area contributed by atoms with Gasteiger partial charge in [0.1, 0.15) is 0 Å². The molecule has 0 spiro atoms. The fraction of sp³-hybridized carbons (Fsp3) is 0.467. The summed E-state index contributed by atoms with van der Waals surface area (Å²) in [4.78, 5) is 27.5. The van der Waals surface area contributed by atoms with Crippen molar-refractivity contribution in [1.82, 2.24) is 4.90 Å². The summed E-state index contributed by atoms with van der Waals surface area (Å²) in [6.45, 7) is 2.00. The third-order valence-corrected chi connectivity index (χ3v) is 4.19. The number of nitrogens with one attached hydrogen (secondary N) is 1. The number of nitrogens with zero attached hydrogens (tertiary/aromatic N) is 2. The van der Waals surface area contributed by atoms with E-state index in [9.17, 15) is 9.59 Å². The molecule has 1 unspecified atom stereocenters. The van der Waals surface area contributed by atoms with E-state index < -0.39 is 11.7 Å². The lowest BCUT2D eigenvalue weighted by Gasteiger charge is -2.37. The lowest BCUT2D eigenvalue weighted by atomic mass is 10.0. The average molecular weight is 273 g/mol. The summed E-state index contributed by atoms with van der Waals surface area (Å²) in [5.74, 6) is -0.960. The van der Waals surface area contributed by atoms with Gasteiger partial charge in [0.05, 0.1) is 11.3 Å². The molecule has 0 saturated carbocycles. The molecule has 1 fully saturated rings. The Morgan fingerprint density at radius 3 is 2.85 bits per heavy atom. The lowest BCUT2D eigenvalue weighted by Crippen LogP contribution is -2.45. The summed E-state index contributed by atoms with van der Waals surface area (Å²) in [6, 6.07) is 6.16. The van der Waals surface area contributed by atoms with E-state index >= 15 is 0 Å². The van der Waals surface area contributed by atoms with E-state index in [4.69, 9.17) is 0 Å². The van der Waals surface area contributed by atoms with Crippen molar-refractivity contribution in [2.24, 2.45) is 0 Å². The molecule has 2 aliphatic rings. The summed E-state index contributed by atoms with van der Waals surface area (Å²) in [7, 11) is 4.21. The van der Waals surface area contributed by atoms with E-state index in [0.717, 1.165) is 25.2 Å². The van der Waals surface area contributed by atoms with Crippen molar-refractivity contribution in [2.45, 2.75) is 18.9 Å². The maximum absolute atomic E-state index is 11.6. The van der Waals surface area contributed by atoms with Gasteiger partial charge in [-0.25, -0.2) is 0 Å². The number of Topliss-reactive ketones (excluding diaryl/α,β-unsaturated/α-hetero) is 1. The summed E-state index contributed by atoms with van der Waals surface area (Å²) >= 11 is 0. The fourth-order valence-electron chi connectivity index (χ4n) is 2.94. The molecule has 5 heteroatoms. The smallest absolute Gasteiger partial charge is 0.296 e. The zero-order valence-electron chi connectivity index (χ0n) is 11.8. The fourth-order valence-corrected chi connectivity index (χ4v) is 2.94. The number of likely N-dealkylation sites (N-methyl/N-ethyl adjacent to an activating group) is 1. The zero-order chi connectivity index (χ0) is 14.3. The van der Waals surface area contributed by atoms with Gasteiger partial charge in [0, 0.05) is 24.8 Å². The van der Waals surface area contributed by atoms with Crippen LogP contribution in [-0.4, -0.2) is 49.8 Å². The minimum Gasteiger partial charge on any atom is -0.370 e. The van der Waals surface area contributed by atoms with Gasteiger partial charge in [-0.05, 0) is 45.1 Å². The minimum atomic E-state index is -0.526. The first-order chi connectivity index (χ1) is 9.56. The summed E-state index contributed by atoms with van der Waals surface area (Å²) in [5, 5.41) is 2.64. The summed E-state index contributed by atoms with van der Waals surface area (Å²) in [5.41, 5.74) is 2.20. The van der Waals surface area contributed by atoms with Gasteiger partial charge in [-0.3, -0.25) is 9.59 Å². The molecule has 1 aromatic carbocycles. The Morgan fingerprint density at radius 2 is 2.10 bits per heavy atom. The third-order valence-electron chi connectivity index (χ3n) is 4.19. The van der Waals surface area contributed by atoms with Gasteiger partial charge in [-0.15, -0.1) is 0 Å². The molecular weight excluding hydrogens is 254 g/mol. The Bertz CT molecular complexity index is 568. The Balaban J connectivity index is 1.83. The van der Waals surface area contributed by atoms with E-state index in [-0.39, 0.29) is 0 Å². The molecule has 20 heavy (non-hydrogen) atoms. The normalized spacial score (nSPS) is 22.1. The van der Waals surface area contributed by atoms with E-state index in [1.54, 1.807) is 6.07 Å². The first-order valence-corrected chi connectivity index (χ1v) is 6.97. The van der Waals surface area contributed by atoms with Crippen molar-refractivity contribution in [2.75, 3.05) is 37.4 Å². The number of benzene rings is 1. The van der Waals surface area contributed by atoms with E-state index in [0.29, 0.717) is 17.3 Å². The highest BCUT2D eigenvalue weighted by molar-refractivity contribution is 6.51. The number of hydrogen-bond acceptors (Lipinski definition) is 4. The Kier molecular flexibility index (Phi) is 3.22. The number of hydrogen-bond donors (Lipinski definition) is 1. The molecule has 5 nitrogen and oxygen atoms in total. The molecule has 106 valence electrons. The first kappa shape index (κ1) is 13.1. The second-order valence-electron chi connectivity index (χ2n) is 5.72. The Morgan fingerprint density at radius 1 is 1.30 bits per heavy atom. The SMILES string of the molecule is CN(C)C1CCCN(c2ccc3c(c2)NC(=O)C3=O)C1. The molecule has 3 rings (SSSR count). The van der Waals surface area contributed by atoms with E-state index in [1.807, 2.05) is 12.1 Å². The monoisotopic (exact) mass is 273 g/mol. The number of ketones is 1. The van der Waals surface area contributed by atoms with Crippen molar-refractivity contribution in [1.29, 1.82) is 0 Å². The van der Waals surface area contributed by atoms with Crippen LogP contribution in [0.5, 0.6) is 0 Å². The molecule has 2 aliphatic heterocycles. The number of amides is 1. The molecule has 0 bridgehead atoms. The number of rotatable bonds is 2. The number of carbonyl (C=O) groups excluding carboxylic acids is 2. The highest BCUT2D eigenvalue weighted by Gasteiger charge is 2.29. The average Bonchev–Trinajstić information content (AvgIpc) is 2.74. The van der Waals surface area contributed by atoms with Crippen molar-refractivity contribution in [3.63, 3.8) is 0 Å². The van der Waals surface area contributed by atoms with Crippen LogP contribution in [-0.2, 0) is 4.79 Å². The number of piperidine rings is 1. The lowest BCUT2D eigenvalue weighted by molar-refractivity contribution is -0.112. The largest absolute Gasteiger partial charge is 0.370 e. The second-order valence-corrected chi connectivity index (χ2v) is 5.72. The van der Waals surface area contributed by atoms with Gasteiger partial charge in [0.25, 0.3) is 11.7 Å². The van der Waals surface area contributed by atoms with Crippen molar-refractivity contribution >= 4 is 23.1 Å². The highest BCUT2D eigenvalue weighted by Crippen LogP contribution is 2.30. The molecule has 1 aromatic rings. The molecule has 0 aliphatic carbocycles. The van der Waals surface area contributed by atoms with Gasteiger partial charge >= 0.3 is 0 Å². The Labute approximate surface area is 118 Å². The molecule has 1 amide bonds. The van der Waals surface area contributed by atoms with Crippen LogP contribution in [0.4, 0.5) is 11.4 Å². The van der Waals surface area contributed by atoms with Crippen LogP contribution in [0, 0.1) is 0 Å². The summed E-state index contributed by atoms with van der Waals surface area (Å²) < 4.78 is 0. The second kappa shape index (κ2) is 4.90. The number of anilines is 2. The topological polar surface area (TPSA) is 52.6 Å². The van der Waals surface area contributed by atoms with Crippen molar-refractivity contribution < 1.29 is 9.59 Å². The van der Waals surface area contributed by atoms with Gasteiger partial charge in [0.15, 0.2) is 0 Å².